The highest BCUT2D eigenvalue weighted by molar-refractivity contribution is 5.70. The van der Waals surface area contributed by atoms with Crippen LogP contribution in [0.25, 0.3) is 0 Å². The number of hydrogen-bond acceptors (Lipinski definition) is 4. The summed E-state index contributed by atoms with van der Waals surface area (Å²) in [4.78, 5) is 13.7. The van der Waals surface area contributed by atoms with Gasteiger partial charge in [-0.3, -0.25) is 4.90 Å². The number of nitrogens with zero attached hydrogens (tertiary/aromatic N) is 1. The lowest BCUT2D eigenvalue weighted by atomic mass is 10.0. The Bertz CT molecular complexity index is 765. The number of benzene rings is 2. The smallest absolute Gasteiger partial charge is 0.410 e. The van der Waals surface area contributed by atoms with E-state index in [1.54, 1.807) is 31.3 Å². The summed E-state index contributed by atoms with van der Waals surface area (Å²) >= 11 is 0. The highest BCUT2D eigenvalue weighted by Crippen LogP contribution is 2.29. The Morgan fingerprint density at radius 2 is 1.92 bits per heavy atom. The molecule has 1 fully saturated rings. The summed E-state index contributed by atoms with van der Waals surface area (Å²) in [6.45, 7) is 0.622. The number of cyclic esters (lactones) is 1. The summed E-state index contributed by atoms with van der Waals surface area (Å²) in [6.07, 6.45) is 0.233. The lowest BCUT2D eigenvalue weighted by Gasteiger charge is -2.22. The van der Waals surface area contributed by atoms with Crippen LogP contribution in [-0.2, 0) is 17.7 Å². The number of hydrogen-bond donors (Lipinski definition) is 0. The molecule has 0 bridgehead atoms. The first-order valence-corrected chi connectivity index (χ1v) is 7.99. The monoisotopic (exact) mass is 345 g/mol. The van der Waals surface area contributed by atoms with Crippen LogP contribution in [-0.4, -0.2) is 37.9 Å². The van der Waals surface area contributed by atoms with Gasteiger partial charge in [0.2, 0.25) is 0 Å². The minimum absolute atomic E-state index is 0.117. The Morgan fingerprint density at radius 1 is 1.12 bits per heavy atom. The maximum absolute atomic E-state index is 13.4. The van der Waals surface area contributed by atoms with Gasteiger partial charge in [-0.2, -0.15) is 0 Å². The number of halogens is 1. The predicted octanol–water partition coefficient (Wildman–Crippen LogP) is 3.41. The molecule has 5 nitrogen and oxygen atoms in total. The molecular formula is C19H20FNO4. The second-order valence-electron chi connectivity index (χ2n) is 5.88. The van der Waals surface area contributed by atoms with Gasteiger partial charge in [0.15, 0.2) is 11.5 Å². The molecule has 132 valence electrons. The fraction of sp³-hybridized carbons (Fsp3) is 0.316. The van der Waals surface area contributed by atoms with E-state index in [4.69, 9.17) is 14.2 Å². The van der Waals surface area contributed by atoms with E-state index in [9.17, 15) is 9.18 Å². The van der Waals surface area contributed by atoms with Crippen LogP contribution in [0.1, 0.15) is 11.1 Å². The van der Waals surface area contributed by atoms with E-state index in [0.717, 1.165) is 11.1 Å². The van der Waals surface area contributed by atoms with E-state index in [1.807, 2.05) is 18.2 Å². The van der Waals surface area contributed by atoms with Gasteiger partial charge in [-0.05, 0) is 41.8 Å². The van der Waals surface area contributed by atoms with Crippen molar-refractivity contribution >= 4 is 6.09 Å². The van der Waals surface area contributed by atoms with Crippen LogP contribution in [0.15, 0.2) is 42.5 Å². The molecule has 0 N–H and O–H groups in total. The Kier molecular flexibility index (Phi) is 5.07. The molecule has 1 aliphatic heterocycles. The molecule has 0 spiro atoms. The Labute approximate surface area is 145 Å². The third-order valence-electron chi connectivity index (χ3n) is 4.24. The highest BCUT2D eigenvalue weighted by atomic mass is 19.1. The molecule has 2 aromatic carbocycles. The molecule has 0 aromatic heterocycles. The van der Waals surface area contributed by atoms with E-state index >= 15 is 0 Å². The second kappa shape index (κ2) is 7.42. The topological polar surface area (TPSA) is 48.0 Å². The van der Waals surface area contributed by atoms with Crippen molar-refractivity contribution in [2.75, 3.05) is 20.8 Å². The summed E-state index contributed by atoms with van der Waals surface area (Å²) < 4.78 is 29.1. The van der Waals surface area contributed by atoms with Crippen molar-refractivity contribution in [2.45, 2.75) is 19.0 Å². The average Bonchev–Trinajstić information content (AvgIpc) is 2.95. The standard InChI is InChI=1S/C19H20FNO4/c1-23-17-7-6-13(10-18(17)24-2)9-16-12-25-19(22)21(16)11-14-4-3-5-15(20)8-14/h3-8,10,16H,9,11-12H2,1-2H3/t16-/m0/s1. The van der Waals surface area contributed by atoms with Crippen molar-refractivity contribution in [1.82, 2.24) is 4.90 Å². The van der Waals surface area contributed by atoms with Gasteiger partial charge >= 0.3 is 6.09 Å². The van der Waals surface area contributed by atoms with Crippen LogP contribution < -0.4 is 9.47 Å². The SMILES string of the molecule is COc1ccc(C[C@H]2COC(=O)N2Cc2cccc(F)c2)cc1OC. The third kappa shape index (κ3) is 3.84. The predicted molar refractivity (Wildman–Crippen MR) is 90.3 cm³/mol. The molecule has 1 aliphatic rings. The normalized spacial score (nSPS) is 16.7. The maximum Gasteiger partial charge on any atom is 0.410 e. The first-order chi connectivity index (χ1) is 12.1. The van der Waals surface area contributed by atoms with Gasteiger partial charge in [0.25, 0.3) is 0 Å². The maximum atomic E-state index is 13.4. The minimum atomic E-state index is -0.380. The number of amides is 1. The number of ether oxygens (including phenoxy) is 3. The quantitative estimate of drug-likeness (QED) is 0.805. The van der Waals surface area contributed by atoms with Crippen LogP contribution in [0.3, 0.4) is 0 Å². The zero-order valence-corrected chi connectivity index (χ0v) is 14.2. The van der Waals surface area contributed by atoms with E-state index in [1.165, 1.54) is 12.1 Å². The van der Waals surface area contributed by atoms with Crippen LogP contribution in [0, 0.1) is 5.82 Å². The number of carbonyl (C=O) groups is 1. The molecule has 6 heteroatoms. The Hall–Kier alpha value is -2.76. The summed E-state index contributed by atoms with van der Waals surface area (Å²) in [6, 6.07) is 11.8. The fourth-order valence-corrected chi connectivity index (χ4v) is 2.96. The van der Waals surface area contributed by atoms with Crippen molar-refractivity contribution in [3.63, 3.8) is 0 Å². The Morgan fingerprint density at radius 3 is 2.64 bits per heavy atom. The van der Waals surface area contributed by atoms with E-state index in [-0.39, 0.29) is 18.0 Å². The van der Waals surface area contributed by atoms with Crippen LogP contribution in [0.4, 0.5) is 9.18 Å². The van der Waals surface area contributed by atoms with E-state index in [0.29, 0.717) is 31.1 Å². The zero-order valence-electron chi connectivity index (χ0n) is 14.2. The van der Waals surface area contributed by atoms with Crippen LogP contribution in [0.5, 0.6) is 11.5 Å². The lowest BCUT2D eigenvalue weighted by Crippen LogP contribution is -2.34. The molecule has 0 aliphatic carbocycles. The summed E-state index contributed by atoms with van der Waals surface area (Å²) in [5.74, 6) is 0.977. The summed E-state index contributed by atoms with van der Waals surface area (Å²) in [5.41, 5.74) is 1.74. The molecule has 0 radical (unpaired) electrons. The van der Waals surface area contributed by atoms with Gasteiger partial charge in [0.05, 0.1) is 20.3 Å². The first-order valence-electron chi connectivity index (χ1n) is 7.99. The largest absolute Gasteiger partial charge is 0.493 e. The lowest BCUT2D eigenvalue weighted by molar-refractivity contribution is 0.156. The second-order valence-corrected chi connectivity index (χ2v) is 5.88. The molecular weight excluding hydrogens is 325 g/mol. The zero-order chi connectivity index (χ0) is 17.8. The van der Waals surface area contributed by atoms with Gasteiger partial charge in [-0.1, -0.05) is 18.2 Å². The highest BCUT2D eigenvalue weighted by Gasteiger charge is 2.33. The number of rotatable bonds is 6. The van der Waals surface area contributed by atoms with Crippen LogP contribution >= 0.6 is 0 Å². The molecule has 3 rings (SSSR count). The fourth-order valence-electron chi connectivity index (χ4n) is 2.96. The van der Waals surface area contributed by atoms with Gasteiger partial charge in [-0.25, -0.2) is 9.18 Å². The number of carbonyl (C=O) groups excluding carboxylic acids is 1. The van der Waals surface area contributed by atoms with Gasteiger partial charge in [-0.15, -0.1) is 0 Å². The first kappa shape index (κ1) is 17.1. The minimum Gasteiger partial charge on any atom is -0.493 e. The van der Waals surface area contributed by atoms with Gasteiger partial charge in [0.1, 0.15) is 12.4 Å². The van der Waals surface area contributed by atoms with Crippen molar-refractivity contribution in [3.8, 4) is 11.5 Å². The van der Waals surface area contributed by atoms with Gasteiger partial charge in [0, 0.05) is 6.54 Å². The summed E-state index contributed by atoms with van der Waals surface area (Å²) in [7, 11) is 3.17. The molecule has 2 aromatic rings. The summed E-state index contributed by atoms with van der Waals surface area (Å²) in [5, 5.41) is 0. The molecule has 0 unspecified atom stereocenters. The molecule has 0 saturated carbocycles. The molecule has 1 amide bonds. The average molecular weight is 345 g/mol. The Balaban J connectivity index is 1.75. The van der Waals surface area contributed by atoms with Crippen molar-refractivity contribution in [2.24, 2.45) is 0 Å². The van der Waals surface area contributed by atoms with E-state index in [2.05, 4.69) is 0 Å². The van der Waals surface area contributed by atoms with Crippen molar-refractivity contribution in [1.29, 1.82) is 0 Å². The van der Waals surface area contributed by atoms with Crippen molar-refractivity contribution in [3.05, 3.63) is 59.4 Å². The van der Waals surface area contributed by atoms with Crippen LogP contribution in [0.2, 0.25) is 0 Å². The van der Waals surface area contributed by atoms with E-state index < -0.39 is 0 Å². The molecule has 1 heterocycles. The molecule has 1 atom stereocenters. The third-order valence-corrected chi connectivity index (χ3v) is 4.24. The van der Waals surface area contributed by atoms with Crippen molar-refractivity contribution < 1.29 is 23.4 Å². The number of methoxy groups -OCH3 is 2. The molecule has 25 heavy (non-hydrogen) atoms. The van der Waals surface area contributed by atoms with Gasteiger partial charge < -0.3 is 14.2 Å². The molecule has 1 saturated heterocycles.